The SMILES string of the molecule is CCCN(C(=O)Nc1cccc(C)c1)C(CC)c1nc2ccccc2c(=O)n1-c1ccc(C)cc1. The number of hydrogen-bond donors (Lipinski definition) is 1. The first-order valence-electron chi connectivity index (χ1n) is 12.2. The minimum absolute atomic E-state index is 0.136. The summed E-state index contributed by atoms with van der Waals surface area (Å²) < 4.78 is 1.67. The molecule has 0 saturated carbocycles. The molecule has 1 N–H and O–H groups in total. The summed E-state index contributed by atoms with van der Waals surface area (Å²) in [6.07, 6.45) is 1.39. The van der Waals surface area contributed by atoms with Crippen LogP contribution < -0.4 is 10.9 Å². The van der Waals surface area contributed by atoms with Crippen molar-refractivity contribution in [2.24, 2.45) is 0 Å². The molecule has 1 unspecified atom stereocenters. The average molecular weight is 469 g/mol. The Morgan fingerprint density at radius 3 is 2.40 bits per heavy atom. The third-order valence-electron chi connectivity index (χ3n) is 6.15. The molecule has 0 fully saturated rings. The van der Waals surface area contributed by atoms with Crippen LogP contribution in [0.5, 0.6) is 0 Å². The Labute approximate surface area is 206 Å². The Bertz CT molecular complexity index is 1390. The van der Waals surface area contributed by atoms with E-state index >= 15 is 0 Å². The molecule has 4 aromatic rings. The van der Waals surface area contributed by atoms with Gasteiger partial charge in [-0.3, -0.25) is 9.36 Å². The number of nitrogens with one attached hydrogen (secondary N) is 1. The fraction of sp³-hybridized carbons (Fsp3) is 0.276. The minimum atomic E-state index is -0.390. The van der Waals surface area contributed by atoms with Gasteiger partial charge in [0.15, 0.2) is 0 Å². The normalized spacial score (nSPS) is 11.9. The highest BCUT2D eigenvalue weighted by Crippen LogP contribution is 2.27. The third-order valence-corrected chi connectivity index (χ3v) is 6.15. The topological polar surface area (TPSA) is 67.2 Å². The number of fused-ring (bicyclic) bond motifs is 1. The molecule has 6 nitrogen and oxygen atoms in total. The summed E-state index contributed by atoms with van der Waals surface area (Å²) in [5.74, 6) is 0.563. The van der Waals surface area contributed by atoms with Crippen molar-refractivity contribution in [1.82, 2.24) is 14.5 Å². The van der Waals surface area contributed by atoms with Crippen molar-refractivity contribution in [2.45, 2.75) is 46.6 Å². The Morgan fingerprint density at radius 2 is 1.71 bits per heavy atom. The van der Waals surface area contributed by atoms with Gasteiger partial charge in [-0.2, -0.15) is 0 Å². The van der Waals surface area contributed by atoms with Gasteiger partial charge < -0.3 is 10.2 Å². The number of benzene rings is 3. The summed E-state index contributed by atoms with van der Waals surface area (Å²) in [5, 5.41) is 3.60. The van der Waals surface area contributed by atoms with Crippen molar-refractivity contribution in [1.29, 1.82) is 0 Å². The summed E-state index contributed by atoms with van der Waals surface area (Å²) >= 11 is 0. The highest BCUT2D eigenvalue weighted by atomic mass is 16.2. The number of aromatic nitrogens is 2. The molecule has 0 aliphatic heterocycles. The number of urea groups is 1. The predicted molar refractivity (Wildman–Crippen MR) is 142 cm³/mol. The van der Waals surface area contributed by atoms with Crippen LogP contribution in [0.3, 0.4) is 0 Å². The van der Waals surface area contributed by atoms with Crippen LogP contribution >= 0.6 is 0 Å². The largest absolute Gasteiger partial charge is 0.322 e. The highest BCUT2D eigenvalue weighted by molar-refractivity contribution is 5.89. The van der Waals surface area contributed by atoms with E-state index < -0.39 is 6.04 Å². The second kappa shape index (κ2) is 10.6. The molecule has 1 aromatic heterocycles. The number of hydrogen-bond acceptors (Lipinski definition) is 3. The fourth-order valence-electron chi connectivity index (χ4n) is 4.42. The van der Waals surface area contributed by atoms with Crippen molar-refractivity contribution < 1.29 is 4.79 Å². The zero-order valence-electron chi connectivity index (χ0n) is 20.8. The number of para-hydroxylation sites is 1. The second-order valence-electron chi connectivity index (χ2n) is 8.88. The van der Waals surface area contributed by atoms with Crippen molar-refractivity contribution in [3.8, 4) is 5.69 Å². The number of nitrogens with zero attached hydrogens (tertiary/aromatic N) is 3. The fourth-order valence-corrected chi connectivity index (χ4v) is 4.42. The lowest BCUT2D eigenvalue weighted by molar-refractivity contribution is 0.181. The molecule has 35 heavy (non-hydrogen) atoms. The number of carbonyl (C=O) groups is 1. The van der Waals surface area contributed by atoms with E-state index in [1.54, 1.807) is 15.5 Å². The molecular formula is C29H32N4O2. The van der Waals surface area contributed by atoms with Gasteiger partial charge in [0, 0.05) is 12.2 Å². The van der Waals surface area contributed by atoms with Crippen molar-refractivity contribution in [3.63, 3.8) is 0 Å². The Balaban J connectivity index is 1.86. The van der Waals surface area contributed by atoms with Gasteiger partial charge in [0.05, 0.1) is 22.6 Å². The van der Waals surface area contributed by atoms with Crippen molar-refractivity contribution >= 4 is 22.6 Å². The van der Waals surface area contributed by atoms with Crippen LogP contribution in [-0.2, 0) is 0 Å². The maximum Gasteiger partial charge on any atom is 0.322 e. The number of aryl methyl sites for hydroxylation is 2. The lowest BCUT2D eigenvalue weighted by atomic mass is 10.1. The summed E-state index contributed by atoms with van der Waals surface area (Å²) in [5.41, 5.74) is 4.15. The highest BCUT2D eigenvalue weighted by Gasteiger charge is 2.28. The van der Waals surface area contributed by atoms with Gasteiger partial charge in [0.2, 0.25) is 0 Å². The van der Waals surface area contributed by atoms with E-state index in [0.717, 1.165) is 28.9 Å². The van der Waals surface area contributed by atoms with Gasteiger partial charge in [-0.25, -0.2) is 9.78 Å². The first-order chi connectivity index (χ1) is 16.9. The number of carbonyl (C=O) groups excluding carboxylic acids is 1. The van der Waals surface area contributed by atoms with E-state index in [0.29, 0.717) is 29.7 Å². The molecule has 1 atom stereocenters. The quantitative estimate of drug-likeness (QED) is 0.341. The van der Waals surface area contributed by atoms with Crippen LogP contribution in [0.25, 0.3) is 16.6 Å². The molecule has 6 heteroatoms. The molecular weight excluding hydrogens is 436 g/mol. The average Bonchev–Trinajstić information content (AvgIpc) is 2.85. The second-order valence-corrected chi connectivity index (χ2v) is 8.88. The van der Waals surface area contributed by atoms with Gasteiger partial charge in [0.25, 0.3) is 5.56 Å². The van der Waals surface area contributed by atoms with Gasteiger partial charge in [-0.15, -0.1) is 0 Å². The molecule has 0 bridgehead atoms. The summed E-state index contributed by atoms with van der Waals surface area (Å²) in [7, 11) is 0. The Kier molecular flexibility index (Phi) is 7.30. The molecule has 180 valence electrons. The van der Waals surface area contributed by atoms with Gasteiger partial charge in [-0.05, 0) is 68.7 Å². The number of anilines is 1. The van der Waals surface area contributed by atoms with Gasteiger partial charge in [0.1, 0.15) is 5.82 Å². The lowest BCUT2D eigenvalue weighted by Gasteiger charge is -2.32. The summed E-state index contributed by atoms with van der Waals surface area (Å²) in [6, 6.07) is 22.3. The van der Waals surface area contributed by atoms with Crippen LogP contribution in [-0.4, -0.2) is 27.0 Å². The van der Waals surface area contributed by atoms with Crippen LogP contribution in [0.4, 0.5) is 10.5 Å². The molecule has 0 radical (unpaired) electrons. The van der Waals surface area contributed by atoms with E-state index in [4.69, 9.17) is 4.98 Å². The summed E-state index contributed by atoms with van der Waals surface area (Å²) in [4.78, 5) is 34.0. The molecule has 0 spiro atoms. The minimum Gasteiger partial charge on any atom is -0.314 e. The maximum absolute atomic E-state index is 13.7. The lowest BCUT2D eigenvalue weighted by Crippen LogP contribution is -2.41. The van der Waals surface area contributed by atoms with Crippen LogP contribution in [0.1, 0.15) is 49.7 Å². The maximum atomic E-state index is 13.7. The number of rotatable bonds is 7. The molecule has 3 aromatic carbocycles. The Hall–Kier alpha value is -3.93. The standard InChI is InChI=1S/C29H32N4O2/c1-5-18-32(29(35)30-22-11-9-10-21(4)19-22)26(6-2)27-31-25-13-8-7-12-24(25)28(34)33(27)23-16-14-20(3)15-17-23/h7-17,19,26H,5-6,18H2,1-4H3,(H,30,35). The first kappa shape index (κ1) is 24.2. The van der Waals surface area contributed by atoms with Crippen LogP contribution in [0.15, 0.2) is 77.6 Å². The van der Waals surface area contributed by atoms with E-state index in [2.05, 4.69) is 5.32 Å². The Morgan fingerprint density at radius 1 is 0.971 bits per heavy atom. The zero-order chi connectivity index (χ0) is 24.9. The van der Waals surface area contributed by atoms with Crippen LogP contribution in [0, 0.1) is 13.8 Å². The smallest absolute Gasteiger partial charge is 0.314 e. The van der Waals surface area contributed by atoms with E-state index in [1.807, 2.05) is 94.4 Å². The molecule has 4 rings (SSSR count). The van der Waals surface area contributed by atoms with Gasteiger partial charge >= 0.3 is 6.03 Å². The van der Waals surface area contributed by atoms with E-state index in [9.17, 15) is 9.59 Å². The van der Waals surface area contributed by atoms with Crippen molar-refractivity contribution in [3.05, 3.63) is 100 Å². The number of amides is 2. The molecule has 0 aliphatic carbocycles. The first-order valence-corrected chi connectivity index (χ1v) is 12.2. The zero-order valence-corrected chi connectivity index (χ0v) is 20.8. The summed E-state index contributed by atoms with van der Waals surface area (Å²) in [6.45, 7) is 8.61. The third kappa shape index (κ3) is 5.11. The molecule has 1 heterocycles. The molecule has 0 saturated heterocycles. The molecule has 2 amide bonds. The monoisotopic (exact) mass is 468 g/mol. The predicted octanol–water partition coefficient (Wildman–Crippen LogP) is 6.40. The van der Waals surface area contributed by atoms with Crippen LogP contribution in [0.2, 0.25) is 0 Å². The van der Waals surface area contributed by atoms with E-state index in [1.165, 1.54) is 0 Å². The molecule has 0 aliphatic rings. The van der Waals surface area contributed by atoms with Crippen molar-refractivity contribution in [2.75, 3.05) is 11.9 Å². The van der Waals surface area contributed by atoms with Gasteiger partial charge in [-0.1, -0.05) is 55.8 Å². The van der Waals surface area contributed by atoms with E-state index in [-0.39, 0.29) is 11.6 Å².